The number of hydrogen-bond donors (Lipinski definition) is 1. The molecular formula is C19H12Cl2F3N3. The number of halogens is 5. The Kier molecular flexibility index (Phi) is 5.13. The van der Waals surface area contributed by atoms with Gasteiger partial charge in [0, 0.05) is 17.3 Å². The second-order valence-corrected chi connectivity index (χ2v) is 6.13. The molecule has 0 spiro atoms. The molecule has 0 saturated carbocycles. The normalized spacial score (nSPS) is 11.4. The highest BCUT2D eigenvalue weighted by Gasteiger charge is 2.30. The fourth-order valence-corrected chi connectivity index (χ4v) is 2.94. The summed E-state index contributed by atoms with van der Waals surface area (Å²) < 4.78 is 38.5. The molecule has 4 aromatic rings. The van der Waals surface area contributed by atoms with Gasteiger partial charge in [0.15, 0.2) is 0 Å². The van der Waals surface area contributed by atoms with Gasteiger partial charge in [-0.1, -0.05) is 35.9 Å². The van der Waals surface area contributed by atoms with Gasteiger partial charge in [-0.25, -0.2) is 4.98 Å². The van der Waals surface area contributed by atoms with Gasteiger partial charge in [0.2, 0.25) is 0 Å². The molecule has 0 atom stereocenters. The number of imidazole rings is 1. The highest BCUT2D eigenvalue weighted by Crippen LogP contribution is 2.32. The Morgan fingerprint density at radius 3 is 2.30 bits per heavy atom. The molecule has 1 N–H and O–H groups in total. The van der Waals surface area contributed by atoms with Crippen LogP contribution >= 0.6 is 24.0 Å². The van der Waals surface area contributed by atoms with Crippen molar-refractivity contribution >= 4 is 35.0 Å². The van der Waals surface area contributed by atoms with Crippen molar-refractivity contribution in [1.29, 1.82) is 0 Å². The lowest BCUT2D eigenvalue weighted by molar-refractivity contribution is -0.137. The monoisotopic (exact) mass is 409 g/mol. The summed E-state index contributed by atoms with van der Waals surface area (Å²) in [5, 5.41) is 0.545. The van der Waals surface area contributed by atoms with Crippen LogP contribution in [-0.4, -0.2) is 15.0 Å². The molecule has 0 aliphatic heterocycles. The lowest BCUT2D eigenvalue weighted by atomic mass is 10.1. The zero-order valence-corrected chi connectivity index (χ0v) is 15.2. The predicted octanol–water partition coefficient (Wildman–Crippen LogP) is 6.39. The number of H-pyrrole nitrogens is 1. The van der Waals surface area contributed by atoms with Gasteiger partial charge >= 0.3 is 6.18 Å². The Balaban J connectivity index is 0.00000210. The third-order valence-corrected chi connectivity index (χ3v) is 4.30. The van der Waals surface area contributed by atoms with Crippen molar-refractivity contribution in [2.24, 2.45) is 0 Å². The first-order valence-electron chi connectivity index (χ1n) is 7.70. The van der Waals surface area contributed by atoms with Crippen LogP contribution in [0.4, 0.5) is 13.2 Å². The van der Waals surface area contributed by atoms with Crippen molar-refractivity contribution in [3.8, 4) is 22.6 Å². The standard InChI is InChI=1S/C19H11ClF3N3.ClH/c20-14-2-1-9-24-17(14)11-3-5-12(6-4-11)18-25-15-8-7-13(19(21,22)23)10-16(15)26-18;/h1-10H,(H,25,26);1H. The maximum atomic E-state index is 12.8. The summed E-state index contributed by atoms with van der Waals surface area (Å²) in [5.41, 5.74) is 2.37. The number of nitrogens with zero attached hydrogens (tertiary/aromatic N) is 2. The van der Waals surface area contributed by atoms with Crippen LogP contribution in [0.3, 0.4) is 0 Å². The van der Waals surface area contributed by atoms with Gasteiger partial charge in [0.1, 0.15) is 5.82 Å². The quantitative estimate of drug-likeness (QED) is 0.416. The van der Waals surface area contributed by atoms with Gasteiger partial charge in [0.25, 0.3) is 0 Å². The van der Waals surface area contributed by atoms with Crippen LogP contribution in [0.15, 0.2) is 60.8 Å². The van der Waals surface area contributed by atoms with Crippen LogP contribution in [0.1, 0.15) is 5.56 Å². The van der Waals surface area contributed by atoms with Crippen molar-refractivity contribution in [2.75, 3.05) is 0 Å². The average molecular weight is 410 g/mol. The number of aromatic nitrogens is 3. The van der Waals surface area contributed by atoms with Crippen LogP contribution in [0.5, 0.6) is 0 Å². The molecule has 0 aliphatic rings. The van der Waals surface area contributed by atoms with Crippen LogP contribution in [0, 0.1) is 0 Å². The lowest BCUT2D eigenvalue weighted by Crippen LogP contribution is -2.04. The van der Waals surface area contributed by atoms with E-state index in [0.29, 0.717) is 27.6 Å². The fraction of sp³-hybridized carbons (Fsp3) is 0.0526. The van der Waals surface area contributed by atoms with E-state index in [4.69, 9.17) is 11.6 Å². The molecule has 0 aliphatic carbocycles. The molecule has 2 heterocycles. The number of fused-ring (bicyclic) bond motifs is 1. The number of alkyl halides is 3. The van der Waals surface area contributed by atoms with Crippen LogP contribution in [0.25, 0.3) is 33.7 Å². The summed E-state index contributed by atoms with van der Waals surface area (Å²) in [4.78, 5) is 11.6. The molecule has 2 aromatic carbocycles. The first-order valence-corrected chi connectivity index (χ1v) is 8.08. The fourth-order valence-electron chi connectivity index (χ4n) is 2.71. The molecule has 0 bridgehead atoms. The number of benzene rings is 2. The molecule has 0 amide bonds. The Hall–Kier alpha value is -2.57. The summed E-state index contributed by atoms with van der Waals surface area (Å²) in [5.74, 6) is 0.498. The minimum Gasteiger partial charge on any atom is -0.338 e. The zero-order chi connectivity index (χ0) is 18.3. The summed E-state index contributed by atoms with van der Waals surface area (Å²) >= 11 is 6.15. The van der Waals surface area contributed by atoms with Crippen molar-refractivity contribution < 1.29 is 13.2 Å². The molecule has 27 heavy (non-hydrogen) atoms. The van der Waals surface area contributed by atoms with Gasteiger partial charge in [-0.05, 0) is 30.3 Å². The molecule has 4 rings (SSSR count). The van der Waals surface area contributed by atoms with E-state index in [9.17, 15) is 13.2 Å². The van der Waals surface area contributed by atoms with Gasteiger partial charge in [-0.15, -0.1) is 12.4 Å². The zero-order valence-electron chi connectivity index (χ0n) is 13.6. The van der Waals surface area contributed by atoms with Gasteiger partial charge in [-0.2, -0.15) is 13.2 Å². The van der Waals surface area contributed by atoms with Gasteiger partial charge in [-0.3, -0.25) is 4.98 Å². The molecule has 8 heteroatoms. The van der Waals surface area contributed by atoms with E-state index in [1.807, 2.05) is 24.3 Å². The second kappa shape index (κ2) is 7.21. The second-order valence-electron chi connectivity index (χ2n) is 5.73. The maximum Gasteiger partial charge on any atom is 0.416 e. The molecule has 0 radical (unpaired) electrons. The Bertz CT molecular complexity index is 1090. The first-order chi connectivity index (χ1) is 12.4. The van der Waals surface area contributed by atoms with E-state index in [-0.39, 0.29) is 12.4 Å². The van der Waals surface area contributed by atoms with E-state index < -0.39 is 11.7 Å². The third-order valence-electron chi connectivity index (χ3n) is 4.00. The molecule has 0 saturated heterocycles. The van der Waals surface area contributed by atoms with Crippen LogP contribution in [0.2, 0.25) is 5.02 Å². The molecular weight excluding hydrogens is 398 g/mol. The highest BCUT2D eigenvalue weighted by atomic mass is 35.5. The Morgan fingerprint density at radius 2 is 1.63 bits per heavy atom. The van der Waals surface area contributed by atoms with Crippen molar-refractivity contribution in [3.63, 3.8) is 0 Å². The molecule has 2 aromatic heterocycles. The minimum absolute atomic E-state index is 0. The molecule has 138 valence electrons. The summed E-state index contributed by atoms with van der Waals surface area (Å²) in [6.45, 7) is 0. The maximum absolute atomic E-state index is 12.8. The third kappa shape index (κ3) is 3.77. The highest BCUT2D eigenvalue weighted by molar-refractivity contribution is 6.33. The number of aromatic amines is 1. The van der Waals surface area contributed by atoms with Gasteiger partial charge in [0.05, 0.1) is 27.3 Å². The number of pyridine rings is 1. The van der Waals surface area contributed by atoms with Crippen molar-refractivity contribution in [1.82, 2.24) is 15.0 Å². The first kappa shape index (κ1) is 19.2. The van der Waals surface area contributed by atoms with E-state index >= 15 is 0 Å². The molecule has 0 fully saturated rings. The van der Waals surface area contributed by atoms with Crippen LogP contribution in [-0.2, 0) is 6.18 Å². The van der Waals surface area contributed by atoms with Crippen molar-refractivity contribution in [3.05, 3.63) is 71.4 Å². The number of rotatable bonds is 2. The predicted molar refractivity (Wildman–Crippen MR) is 102 cm³/mol. The lowest BCUT2D eigenvalue weighted by Gasteiger charge is -2.05. The Labute approximate surface area is 163 Å². The average Bonchev–Trinajstić information content (AvgIpc) is 3.05. The number of hydrogen-bond acceptors (Lipinski definition) is 2. The van der Waals surface area contributed by atoms with Gasteiger partial charge < -0.3 is 4.98 Å². The smallest absolute Gasteiger partial charge is 0.338 e. The molecule has 0 unspecified atom stereocenters. The van der Waals surface area contributed by atoms with E-state index in [2.05, 4.69) is 15.0 Å². The summed E-state index contributed by atoms with van der Waals surface area (Å²) in [6.07, 6.45) is -2.73. The summed E-state index contributed by atoms with van der Waals surface area (Å²) in [6, 6.07) is 14.3. The SMILES string of the molecule is Cl.FC(F)(F)c1ccc2nc(-c3ccc(-c4ncccc4Cl)cc3)[nH]c2c1. The number of nitrogens with one attached hydrogen (secondary N) is 1. The molecule has 3 nitrogen and oxygen atoms in total. The van der Waals surface area contributed by atoms with E-state index in [0.717, 1.165) is 23.3 Å². The summed E-state index contributed by atoms with van der Waals surface area (Å²) in [7, 11) is 0. The Morgan fingerprint density at radius 1 is 0.926 bits per heavy atom. The van der Waals surface area contributed by atoms with E-state index in [1.54, 1.807) is 18.3 Å². The van der Waals surface area contributed by atoms with Crippen molar-refractivity contribution in [2.45, 2.75) is 6.18 Å². The topological polar surface area (TPSA) is 41.6 Å². The van der Waals surface area contributed by atoms with Crippen LogP contribution < -0.4 is 0 Å². The van der Waals surface area contributed by atoms with E-state index in [1.165, 1.54) is 6.07 Å². The largest absolute Gasteiger partial charge is 0.416 e. The minimum atomic E-state index is -4.39.